The van der Waals surface area contributed by atoms with Crippen molar-refractivity contribution in [3.63, 3.8) is 0 Å². The first kappa shape index (κ1) is 14.0. The third-order valence-corrected chi connectivity index (χ3v) is 4.52. The van der Waals surface area contributed by atoms with Crippen molar-refractivity contribution in [1.29, 1.82) is 0 Å². The minimum Gasteiger partial charge on any atom is -0.508 e. The molecule has 1 aliphatic heterocycles. The van der Waals surface area contributed by atoms with Crippen LogP contribution in [-0.4, -0.2) is 25.0 Å². The Bertz CT molecular complexity index is 711. The Kier molecular flexibility index (Phi) is 3.40. The zero-order chi connectivity index (χ0) is 15.1. The van der Waals surface area contributed by atoms with Crippen LogP contribution in [0.1, 0.15) is 22.0 Å². The molecule has 108 valence electrons. The molecule has 0 amide bonds. The molecule has 2 unspecified atom stereocenters. The lowest BCUT2D eigenvalue weighted by Gasteiger charge is -2.30. The second-order valence-electron chi connectivity index (χ2n) is 4.73. The van der Waals surface area contributed by atoms with Gasteiger partial charge in [-0.05, 0) is 17.7 Å². The van der Waals surface area contributed by atoms with Crippen molar-refractivity contribution in [2.45, 2.75) is 10.0 Å². The molecule has 3 N–H and O–H groups in total. The summed E-state index contributed by atoms with van der Waals surface area (Å²) in [6, 6.07) is 8.80. The Balaban J connectivity index is 2.07. The largest absolute Gasteiger partial charge is 0.508 e. The number of rotatable bonds is 1. The predicted molar refractivity (Wildman–Crippen MR) is 83.4 cm³/mol. The van der Waals surface area contributed by atoms with Gasteiger partial charge in [-0.25, -0.2) is 0 Å². The summed E-state index contributed by atoms with van der Waals surface area (Å²) < 4.78 is 5.25. The van der Waals surface area contributed by atoms with E-state index in [0.717, 1.165) is 11.6 Å². The molecule has 2 atom stereocenters. The van der Waals surface area contributed by atoms with E-state index in [4.69, 9.17) is 4.74 Å². The lowest BCUT2D eigenvalue weighted by Crippen LogP contribution is -2.31. The number of hydrogen-bond acceptors (Lipinski definition) is 5. The van der Waals surface area contributed by atoms with Crippen molar-refractivity contribution in [3.05, 3.63) is 47.5 Å². The van der Waals surface area contributed by atoms with E-state index >= 15 is 0 Å². The highest BCUT2D eigenvalue weighted by molar-refractivity contribution is 14.1. The number of fused-ring (bicyclic) bond motifs is 1. The molecular formula is C15H11IO5. The first-order valence-corrected chi connectivity index (χ1v) is 7.42. The first-order chi connectivity index (χ1) is 9.97. The minimum absolute atomic E-state index is 0.0854. The monoisotopic (exact) mass is 398 g/mol. The number of carbonyl (C=O) groups is 1. The number of carbonyl (C=O) groups excluding carboxylic acids is 1. The normalized spacial score (nSPS) is 20.7. The molecular weight excluding hydrogens is 387 g/mol. The smallest absolute Gasteiger partial charge is 0.187 e. The molecule has 3 rings (SSSR count). The number of Topliss-reactive ketones (excluding diaryl/α,β-unsaturated/α-hetero) is 1. The zero-order valence-corrected chi connectivity index (χ0v) is 12.8. The van der Waals surface area contributed by atoms with E-state index < -0.39 is 10.0 Å². The molecule has 0 saturated heterocycles. The van der Waals surface area contributed by atoms with Gasteiger partial charge in [0, 0.05) is 12.1 Å². The lowest BCUT2D eigenvalue weighted by molar-refractivity contribution is 0.0875. The number of hydrogen-bond donors (Lipinski definition) is 3. The van der Waals surface area contributed by atoms with Crippen molar-refractivity contribution < 1.29 is 24.9 Å². The zero-order valence-electron chi connectivity index (χ0n) is 10.7. The van der Waals surface area contributed by atoms with Gasteiger partial charge >= 0.3 is 0 Å². The summed E-state index contributed by atoms with van der Waals surface area (Å²) in [4.78, 5) is 12.4. The topological polar surface area (TPSA) is 87.0 Å². The maximum Gasteiger partial charge on any atom is 0.187 e. The van der Waals surface area contributed by atoms with Crippen LogP contribution in [0, 0.1) is 0 Å². The number of ketones is 1. The van der Waals surface area contributed by atoms with Crippen LogP contribution in [0.3, 0.4) is 0 Å². The van der Waals surface area contributed by atoms with Crippen LogP contribution in [0.25, 0.3) is 0 Å². The maximum absolute atomic E-state index is 12.4. The van der Waals surface area contributed by atoms with E-state index in [0.29, 0.717) is 0 Å². The minimum atomic E-state index is -0.549. The molecule has 21 heavy (non-hydrogen) atoms. The van der Waals surface area contributed by atoms with Crippen LogP contribution in [0.15, 0.2) is 36.4 Å². The SMILES string of the molecule is O=C1c2c(O)cc(O)cc2OC(c2ccc(O)cc2)C1I. The van der Waals surface area contributed by atoms with Crippen LogP contribution < -0.4 is 4.74 Å². The van der Waals surface area contributed by atoms with Crippen LogP contribution >= 0.6 is 22.6 Å². The first-order valence-electron chi connectivity index (χ1n) is 6.17. The molecule has 1 heterocycles. The Morgan fingerprint density at radius 2 is 1.67 bits per heavy atom. The molecule has 0 aromatic heterocycles. The van der Waals surface area contributed by atoms with E-state index in [1.54, 1.807) is 12.1 Å². The summed E-state index contributed by atoms with van der Waals surface area (Å²) in [6.45, 7) is 0. The molecule has 2 aromatic carbocycles. The summed E-state index contributed by atoms with van der Waals surface area (Å²) in [6.07, 6.45) is -0.549. The fraction of sp³-hybridized carbons (Fsp3) is 0.133. The van der Waals surface area contributed by atoms with Crippen molar-refractivity contribution >= 4 is 28.4 Å². The van der Waals surface area contributed by atoms with Crippen LogP contribution in [0.5, 0.6) is 23.0 Å². The fourth-order valence-electron chi connectivity index (χ4n) is 2.30. The van der Waals surface area contributed by atoms with Gasteiger partial charge in [0.05, 0.1) is 0 Å². The van der Waals surface area contributed by atoms with Gasteiger partial charge in [0.2, 0.25) is 0 Å². The molecule has 0 radical (unpaired) electrons. The third-order valence-electron chi connectivity index (χ3n) is 3.30. The Morgan fingerprint density at radius 1 is 1.00 bits per heavy atom. The Labute approximate surface area is 133 Å². The lowest BCUT2D eigenvalue weighted by atomic mass is 9.95. The average molecular weight is 398 g/mol. The fourth-order valence-corrected chi connectivity index (χ4v) is 3.17. The van der Waals surface area contributed by atoms with Gasteiger partial charge in [-0.1, -0.05) is 34.7 Å². The van der Waals surface area contributed by atoms with Crippen molar-refractivity contribution in [3.8, 4) is 23.0 Å². The van der Waals surface area contributed by atoms with Gasteiger partial charge < -0.3 is 20.1 Å². The van der Waals surface area contributed by atoms with E-state index in [1.807, 2.05) is 22.6 Å². The molecule has 0 spiro atoms. The summed E-state index contributed by atoms with van der Waals surface area (Å²) in [5, 5.41) is 28.7. The van der Waals surface area contributed by atoms with Gasteiger partial charge in [0.25, 0.3) is 0 Å². The second-order valence-corrected chi connectivity index (χ2v) is 6.08. The molecule has 6 heteroatoms. The quantitative estimate of drug-likeness (QED) is 0.508. The standard InChI is InChI=1S/C15H11IO5/c16-13-14(20)12-10(19)5-9(18)6-11(12)21-15(13)7-1-3-8(17)4-2-7/h1-6,13,15,17-19H. The van der Waals surface area contributed by atoms with Crippen LogP contribution in [-0.2, 0) is 0 Å². The van der Waals surface area contributed by atoms with Crippen LogP contribution in [0.4, 0.5) is 0 Å². The van der Waals surface area contributed by atoms with E-state index in [-0.39, 0.29) is 34.3 Å². The average Bonchev–Trinajstić information content (AvgIpc) is 2.43. The summed E-state index contributed by atoms with van der Waals surface area (Å²) in [7, 11) is 0. The van der Waals surface area contributed by atoms with E-state index in [2.05, 4.69) is 0 Å². The number of aromatic hydroxyl groups is 3. The van der Waals surface area contributed by atoms with Crippen molar-refractivity contribution in [1.82, 2.24) is 0 Å². The summed E-state index contributed by atoms with van der Waals surface area (Å²) in [5.41, 5.74) is 0.816. The van der Waals surface area contributed by atoms with Crippen LogP contribution in [0.2, 0.25) is 0 Å². The summed E-state index contributed by atoms with van der Waals surface area (Å²) >= 11 is 1.97. The van der Waals surface area contributed by atoms with Gasteiger partial charge in [0.1, 0.15) is 38.6 Å². The molecule has 0 fully saturated rings. The maximum atomic E-state index is 12.4. The highest BCUT2D eigenvalue weighted by Gasteiger charge is 2.38. The summed E-state index contributed by atoms with van der Waals surface area (Å²) in [5.74, 6) is -0.436. The van der Waals surface area contributed by atoms with Gasteiger partial charge in [-0.15, -0.1) is 0 Å². The van der Waals surface area contributed by atoms with Gasteiger partial charge in [-0.2, -0.15) is 0 Å². The third kappa shape index (κ3) is 2.39. The Hall–Kier alpha value is -1.96. The predicted octanol–water partition coefficient (Wildman–Crippen LogP) is 2.92. The van der Waals surface area contributed by atoms with Crippen molar-refractivity contribution in [2.75, 3.05) is 0 Å². The molecule has 1 aliphatic rings. The molecule has 0 aliphatic carbocycles. The van der Waals surface area contributed by atoms with E-state index in [9.17, 15) is 20.1 Å². The van der Waals surface area contributed by atoms with Gasteiger partial charge in [0.15, 0.2) is 5.78 Å². The number of ether oxygens (including phenoxy) is 1. The highest BCUT2D eigenvalue weighted by Crippen LogP contribution is 2.44. The number of phenols is 3. The Morgan fingerprint density at radius 3 is 2.33 bits per heavy atom. The highest BCUT2D eigenvalue weighted by atomic mass is 127. The number of benzene rings is 2. The molecule has 2 aromatic rings. The molecule has 0 saturated carbocycles. The van der Waals surface area contributed by atoms with Gasteiger partial charge in [-0.3, -0.25) is 4.79 Å². The molecule has 5 nitrogen and oxygen atoms in total. The number of alkyl halides is 1. The molecule has 0 bridgehead atoms. The van der Waals surface area contributed by atoms with Crippen molar-refractivity contribution in [2.24, 2.45) is 0 Å². The second kappa shape index (κ2) is 5.10. The number of phenolic OH excluding ortho intramolecular Hbond substituents is 3. The van der Waals surface area contributed by atoms with E-state index in [1.165, 1.54) is 18.2 Å². The number of halogens is 1.